The van der Waals surface area contributed by atoms with Crippen molar-refractivity contribution < 1.29 is 9.53 Å². The Balaban J connectivity index is 1.59. The number of H-pyrrole nitrogens is 1. The highest BCUT2D eigenvalue weighted by molar-refractivity contribution is 7.20. The summed E-state index contributed by atoms with van der Waals surface area (Å²) >= 11 is 1.22. The largest absolute Gasteiger partial charge is 0.465 e. The van der Waals surface area contributed by atoms with Crippen molar-refractivity contribution in [2.45, 2.75) is 58.7 Å². The van der Waals surface area contributed by atoms with Crippen LogP contribution in [0.3, 0.4) is 0 Å². The molecule has 2 aromatic heterocycles. The maximum Gasteiger partial charge on any atom is 0.348 e. The second kappa shape index (κ2) is 8.32. The lowest BCUT2D eigenvalue weighted by Crippen LogP contribution is -2.27. The minimum Gasteiger partial charge on any atom is -0.465 e. The zero-order valence-electron chi connectivity index (χ0n) is 17.8. The molecular weight excluding hydrogens is 398 g/mol. The van der Waals surface area contributed by atoms with Gasteiger partial charge >= 0.3 is 5.97 Å². The van der Waals surface area contributed by atoms with E-state index in [1.54, 1.807) is 6.92 Å². The van der Waals surface area contributed by atoms with E-state index in [0.29, 0.717) is 45.0 Å². The summed E-state index contributed by atoms with van der Waals surface area (Å²) in [6.45, 7) is 7.55. The van der Waals surface area contributed by atoms with Gasteiger partial charge < -0.3 is 9.72 Å². The lowest BCUT2D eigenvalue weighted by Gasteiger charge is -2.21. The van der Waals surface area contributed by atoms with Crippen molar-refractivity contribution in [1.82, 2.24) is 14.9 Å². The third kappa shape index (κ3) is 4.18. The Kier molecular flexibility index (Phi) is 5.75. The molecule has 0 atom stereocenters. The lowest BCUT2D eigenvalue weighted by molar-refractivity contribution is 0.0605. The molecular formula is C23H27N3O3S. The van der Waals surface area contributed by atoms with Gasteiger partial charge in [-0.1, -0.05) is 38.1 Å². The Labute approximate surface area is 179 Å². The van der Waals surface area contributed by atoms with Crippen molar-refractivity contribution in [3.05, 3.63) is 62.0 Å². The first-order valence-corrected chi connectivity index (χ1v) is 11.1. The van der Waals surface area contributed by atoms with Gasteiger partial charge in [-0.05, 0) is 42.4 Å². The summed E-state index contributed by atoms with van der Waals surface area (Å²) in [4.78, 5) is 35.7. The van der Waals surface area contributed by atoms with Crippen LogP contribution < -0.4 is 5.56 Å². The van der Waals surface area contributed by atoms with Crippen molar-refractivity contribution in [3.63, 3.8) is 0 Å². The molecule has 0 unspecified atom stereocenters. The summed E-state index contributed by atoms with van der Waals surface area (Å²) in [6.07, 6.45) is 2.34. The monoisotopic (exact) mass is 425 g/mol. The fourth-order valence-electron chi connectivity index (χ4n) is 3.74. The Hall–Kier alpha value is -2.51. The lowest BCUT2D eigenvalue weighted by atomic mass is 10.0. The van der Waals surface area contributed by atoms with Crippen molar-refractivity contribution in [3.8, 4) is 0 Å². The van der Waals surface area contributed by atoms with Crippen LogP contribution in [0.4, 0.5) is 0 Å². The number of nitrogens with zero attached hydrogens (tertiary/aromatic N) is 2. The molecule has 0 saturated heterocycles. The minimum absolute atomic E-state index is 0.198. The second-order valence-electron chi connectivity index (χ2n) is 8.27. The highest BCUT2D eigenvalue weighted by Crippen LogP contribution is 2.31. The SMILES string of the molecule is COC(=O)c1sc2nc(CN(Cc3ccc(C(C)C)cc3)C3CC3)[nH]c(=O)c2c1C. The zero-order chi connectivity index (χ0) is 21.4. The molecule has 2 heterocycles. The molecule has 0 radical (unpaired) electrons. The number of benzene rings is 1. The minimum atomic E-state index is -0.430. The molecule has 0 spiro atoms. The number of esters is 1. The summed E-state index contributed by atoms with van der Waals surface area (Å²) in [7, 11) is 1.34. The summed E-state index contributed by atoms with van der Waals surface area (Å²) in [5, 5.41) is 0.478. The number of hydrogen-bond donors (Lipinski definition) is 1. The van der Waals surface area contributed by atoms with Gasteiger partial charge in [-0.25, -0.2) is 9.78 Å². The number of carbonyl (C=O) groups excluding carboxylic acids is 1. The summed E-state index contributed by atoms with van der Waals surface area (Å²) < 4.78 is 4.83. The van der Waals surface area contributed by atoms with E-state index in [1.807, 2.05) is 0 Å². The highest BCUT2D eigenvalue weighted by atomic mass is 32.1. The predicted octanol–water partition coefficient (Wildman–Crippen LogP) is 4.37. The molecule has 0 amide bonds. The first kappa shape index (κ1) is 20.8. The molecule has 1 saturated carbocycles. The van der Waals surface area contributed by atoms with Crippen LogP contribution in [0.25, 0.3) is 10.2 Å². The molecule has 1 N–H and O–H groups in total. The number of carbonyl (C=O) groups is 1. The van der Waals surface area contributed by atoms with Crippen molar-refractivity contribution in [2.75, 3.05) is 7.11 Å². The fraction of sp³-hybridized carbons (Fsp3) is 0.435. The molecule has 1 fully saturated rings. The number of thiophene rings is 1. The van der Waals surface area contributed by atoms with Crippen LogP contribution in [0.5, 0.6) is 0 Å². The van der Waals surface area contributed by atoms with E-state index in [1.165, 1.54) is 42.4 Å². The van der Waals surface area contributed by atoms with E-state index >= 15 is 0 Å². The first-order chi connectivity index (χ1) is 14.4. The van der Waals surface area contributed by atoms with Crippen LogP contribution in [0.1, 0.15) is 64.8 Å². The van der Waals surface area contributed by atoms with Crippen molar-refractivity contribution >= 4 is 27.5 Å². The predicted molar refractivity (Wildman–Crippen MR) is 119 cm³/mol. The van der Waals surface area contributed by atoms with Gasteiger partial charge in [0.15, 0.2) is 0 Å². The van der Waals surface area contributed by atoms with Gasteiger partial charge in [0.2, 0.25) is 0 Å². The summed E-state index contributed by atoms with van der Waals surface area (Å²) in [6, 6.07) is 9.29. The number of rotatable bonds is 7. The second-order valence-corrected chi connectivity index (χ2v) is 9.27. The van der Waals surface area contributed by atoms with Crippen LogP contribution >= 0.6 is 11.3 Å². The molecule has 0 aliphatic heterocycles. The average molecular weight is 426 g/mol. The molecule has 30 heavy (non-hydrogen) atoms. The van der Waals surface area contributed by atoms with Crippen LogP contribution in [-0.4, -0.2) is 34.0 Å². The molecule has 1 aromatic carbocycles. The van der Waals surface area contributed by atoms with E-state index in [2.05, 4.69) is 53.0 Å². The number of ether oxygens (including phenoxy) is 1. The summed E-state index contributed by atoms with van der Waals surface area (Å²) in [5.74, 6) is 0.723. The number of nitrogens with one attached hydrogen (secondary N) is 1. The van der Waals surface area contributed by atoms with Gasteiger partial charge in [0, 0.05) is 12.6 Å². The van der Waals surface area contributed by atoms with Gasteiger partial charge in [0.1, 0.15) is 15.5 Å². The molecule has 7 heteroatoms. The van der Waals surface area contributed by atoms with Crippen LogP contribution in [0, 0.1) is 6.92 Å². The maximum atomic E-state index is 12.7. The quantitative estimate of drug-likeness (QED) is 0.569. The van der Waals surface area contributed by atoms with Crippen LogP contribution in [-0.2, 0) is 17.8 Å². The van der Waals surface area contributed by atoms with E-state index in [-0.39, 0.29) is 5.56 Å². The topological polar surface area (TPSA) is 75.3 Å². The van der Waals surface area contributed by atoms with E-state index < -0.39 is 5.97 Å². The average Bonchev–Trinajstić information content (AvgIpc) is 3.51. The number of methoxy groups -OCH3 is 1. The molecule has 3 aromatic rings. The molecule has 0 bridgehead atoms. The zero-order valence-corrected chi connectivity index (χ0v) is 18.6. The van der Waals surface area contributed by atoms with E-state index in [4.69, 9.17) is 4.74 Å². The van der Waals surface area contributed by atoms with Gasteiger partial charge in [-0.3, -0.25) is 9.69 Å². The molecule has 6 nitrogen and oxygen atoms in total. The Morgan fingerprint density at radius 3 is 2.57 bits per heavy atom. The van der Waals surface area contributed by atoms with Gasteiger partial charge in [0.05, 0.1) is 19.0 Å². The number of hydrogen-bond acceptors (Lipinski definition) is 6. The Morgan fingerprint density at radius 2 is 1.97 bits per heavy atom. The fourth-order valence-corrected chi connectivity index (χ4v) is 4.86. The highest BCUT2D eigenvalue weighted by Gasteiger charge is 2.30. The van der Waals surface area contributed by atoms with Gasteiger partial charge in [0.25, 0.3) is 5.56 Å². The molecule has 1 aliphatic carbocycles. The Bertz CT molecular complexity index is 1130. The third-order valence-corrected chi connectivity index (χ3v) is 6.83. The molecule has 158 valence electrons. The first-order valence-electron chi connectivity index (χ1n) is 10.3. The van der Waals surface area contributed by atoms with E-state index in [0.717, 1.165) is 6.54 Å². The maximum absolute atomic E-state index is 12.7. The number of aromatic amines is 1. The number of aromatic nitrogens is 2. The standard InChI is InChI=1S/C23H27N3O3S/c1-13(2)16-7-5-15(6-8-16)11-26(17-9-10-17)12-18-24-21(27)19-14(3)20(23(28)29-4)30-22(19)25-18/h5-8,13,17H,9-12H2,1-4H3,(H,24,25,27). The third-order valence-electron chi connectivity index (χ3n) is 5.67. The number of aryl methyl sites for hydroxylation is 1. The van der Waals surface area contributed by atoms with E-state index in [9.17, 15) is 9.59 Å². The van der Waals surface area contributed by atoms with Crippen molar-refractivity contribution in [2.24, 2.45) is 0 Å². The smallest absolute Gasteiger partial charge is 0.348 e. The van der Waals surface area contributed by atoms with Crippen LogP contribution in [0.2, 0.25) is 0 Å². The normalized spacial score (nSPS) is 14.1. The number of fused-ring (bicyclic) bond motifs is 1. The molecule has 4 rings (SSSR count). The summed E-state index contributed by atoms with van der Waals surface area (Å²) in [5.41, 5.74) is 3.03. The van der Waals surface area contributed by atoms with Crippen molar-refractivity contribution in [1.29, 1.82) is 0 Å². The van der Waals surface area contributed by atoms with Gasteiger partial charge in [-0.15, -0.1) is 11.3 Å². The van der Waals surface area contributed by atoms with Crippen LogP contribution in [0.15, 0.2) is 29.1 Å². The van der Waals surface area contributed by atoms with Gasteiger partial charge in [-0.2, -0.15) is 0 Å². The Morgan fingerprint density at radius 1 is 1.27 bits per heavy atom. The molecule has 1 aliphatic rings.